The van der Waals surface area contributed by atoms with Crippen LogP contribution in [-0.2, 0) is 21.3 Å². The molecular formula is C19H22N2O5S2. The third kappa shape index (κ3) is 4.60. The number of piperidine rings is 1. The molecule has 2 aromatic rings. The van der Waals surface area contributed by atoms with Crippen molar-refractivity contribution in [3.8, 4) is 0 Å². The van der Waals surface area contributed by atoms with Crippen LogP contribution >= 0.6 is 11.3 Å². The van der Waals surface area contributed by atoms with Gasteiger partial charge in [0.15, 0.2) is 0 Å². The third-order valence-corrected chi connectivity index (χ3v) is 7.99. The summed E-state index contributed by atoms with van der Waals surface area (Å²) in [6.45, 7) is 1.36. The van der Waals surface area contributed by atoms with Crippen molar-refractivity contribution < 1.29 is 22.7 Å². The van der Waals surface area contributed by atoms with Crippen molar-refractivity contribution in [2.24, 2.45) is 0 Å². The van der Waals surface area contributed by atoms with Gasteiger partial charge < -0.3 is 10.1 Å². The minimum atomic E-state index is -3.45. The lowest BCUT2D eigenvalue weighted by atomic mass is 10.1. The Labute approximate surface area is 168 Å². The average Bonchev–Trinajstić information content (AvgIpc) is 3.22. The second-order valence-electron chi connectivity index (χ2n) is 6.44. The molecule has 1 amide bonds. The number of thiophene rings is 1. The van der Waals surface area contributed by atoms with Gasteiger partial charge in [-0.25, -0.2) is 13.2 Å². The number of carbonyl (C=O) groups is 2. The zero-order valence-corrected chi connectivity index (χ0v) is 17.1. The standard InChI is InChI=1S/C19H22N2O5S2/c1-26-19(23)15-7-5-14(6-8-15)18(22)20-13-16-9-10-17(27-16)28(24,25)21-11-3-2-4-12-21/h5-10H,2-4,11-13H2,1H3,(H,20,22). The first-order valence-corrected chi connectivity index (χ1v) is 11.2. The summed E-state index contributed by atoms with van der Waals surface area (Å²) in [6, 6.07) is 9.46. The predicted molar refractivity (Wildman–Crippen MR) is 106 cm³/mol. The molecule has 0 atom stereocenters. The van der Waals surface area contributed by atoms with Crippen LogP contribution in [0.2, 0.25) is 0 Å². The van der Waals surface area contributed by atoms with E-state index in [0.717, 1.165) is 24.1 Å². The molecule has 0 saturated carbocycles. The average molecular weight is 423 g/mol. The third-order valence-electron chi connectivity index (χ3n) is 4.54. The van der Waals surface area contributed by atoms with E-state index < -0.39 is 16.0 Å². The summed E-state index contributed by atoms with van der Waals surface area (Å²) in [5, 5.41) is 2.77. The van der Waals surface area contributed by atoms with Crippen LogP contribution in [0.3, 0.4) is 0 Å². The number of amides is 1. The number of esters is 1. The number of hydrogen-bond acceptors (Lipinski definition) is 6. The van der Waals surface area contributed by atoms with Crippen LogP contribution in [0.5, 0.6) is 0 Å². The molecule has 2 heterocycles. The van der Waals surface area contributed by atoms with Gasteiger partial charge in [0.25, 0.3) is 15.9 Å². The van der Waals surface area contributed by atoms with E-state index in [1.807, 2.05) is 0 Å². The summed E-state index contributed by atoms with van der Waals surface area (Å²) in [4.78, 5) is 24.5. The number of nitrogens with zero attached hydrogens (tertiary/aromatic N) is 1. The van der Waals surface area contributed by atoms with E-state index in [4.69, 9.17) is 0 Å². The van der Waals surface area contributed by atoms with E-state index in [-0.39, 0.29) is 12.5 Å². The molecule has 1 aliphatic heterocycles. The number of rotatable bonds is 6. The molecule has 28 heavy (non-hydrogen) atoms. The fourth-order valence-electron chi connectivity index (χ4n) is 2.97. The number of nitrogens with one attached hydrogen (secondary N) is 1. The number of sulfonamides is 1. The molecule has 1 N–H and O–H groups in total. The Morgan fingerprint density at radius 3 is 2.32 bits per heavy atom. The fraction of sp³-hybridized carbons (Fsp3) is 0.368. The van der Waals surface area contributed by atoms with Crippen LogP contribution in [0.4, 0.5) is 0 Å². The van der Waals surface area contributed by atoms with Crippen molar-refractivity contribution in [3.05, 3.63) is 52.4 Å². The molecule has 1 fully saturated rings. The van der Waals surface area contributed by atoms with Gasteiger partial charge in [-0.15, -0.1) is 11.3 Å². The first-order chi connectivity index (χ1) is 13.4. The summed E-state index contributed by atoms with van der Waals surface area (Å²) in [7, 11) is -2.16. The topological polar surface area (TPSA) is 92.8 Å². The molecule has 0 aliphatic carbocycles. The normalized spacial score (nSPS) is 15.2. The van der Waals surface area contributed by atoms with E-state index in [1.165, 1.54) is 34.9 Å². The van der Waals surface area contributed by atoms with Crippen LogP contribution in [0.15, 0.2) is 40.6 Å². The Hall–Kier alpha value is -2.23. The highest BCUT2D eigenvalue weighted by atomic mass is 32.2. The van der Waals surface area contributed by atoms with Gasteiger partial charge in [0, 0.05) is 23.5 Å². The van der Waals surface area contributed by atoms with Gasteiger partial charge in [-0.2, -0.15) is 4.31 Å². The highest BCUT2D eigenvalue weighted by Gasteiger charge is 2.27. The van der Waals surface area contributed by atoms with E-state index in [9.17, 15) is 18.0 Å². The van der Waals surface area contributed by atoms with Crippen molar-refractivity contribution in [3.63, 3.8) is 0 Å². The van der Waals surface area contributed by atoms with Gasteiger partial charge in [-0.1, -0.05) is 6.42 Å². The SMILES string of the molecule is COC(=O)c1ccc(C(=O)NCc2ccc(S(=O)(=O)N3CCCCC3)s2)cc1. The molecular weight excluding hydrogens is 400 g/mol. The van der Waals surface area contributed by atoms with Gasteiger partial charge in [-0.3, -0.25) is 4.79 Å². The minimum absolute atomic E-state index is 0.234. The lowest BCUT2D eigenvalue weighted by molar-refractivity contribution is 0.0600. The second kappa shape index (κ2) is 8.85. The smallest absolute Gasteiger partial charge is 0.337 e. The largest absolute Gasteiger partial charge is 0.465 e. The Bertz CT molecular complexity index is 945. The molecule has 0 radical (unpaired) electrons. The lowest BCUT2D eigenvalue weighted by Crippen LogP contribution is -2.35. The number of carbonyl (C=O) groups excluding carboxylic acids is 2. The monoisotopic (exact) mass is 422 g/mol. The molecule has 0 unspecified atom stereocenters. The van der Waals surface area contributed by atoms with Crippen LogP contribution in [0.1, 0.15) is 44.9 Å². The highest BCUT2D eigenvalue weighted by Crippen LogP contribution is 2.27. The summed E-state index contributed by atoms with van der Waals surface area (Å²) < 4.78 is 31.8. The van der Waals surface area contributed by atoms with Crippen LogP contribution in [0.25, 0.3) is 0 Å². The fourth-order valence-corrected chi connectivity index (χ4v) is 5.94. The zero-order chi connectivity index (χ0) is 20.1. The molecule has 3 rings (SSSR count). The van der Waals surface area contributed by atoms with E-state index in [1.54, 1.807) is 24.3 Å². The van der Waals surface area contributed by atoms with Gasteiger partial charge in [0.05, 0.1) is 19.2 Å². The summed E-state index contributed by atoms with van der Waals surface area (Å²) in [5.74, 6) is -0.766. The molecule has 1 saturated heterocycles. The first kappa shape index (κ1) is 20.5. The maximum absolute atomic E-state index is 12.7. The molecule has 1 aromatic carbocycles. The molecule has 150 valence electrons. The van der Waals surface area contributed by atoms with Gasteiger partial charge >= 0.3 is 5.97 Å². The molecule has 1 aromatic heterocycles. The second-order valence-corrected chi connectivity index (χ2v) is 9.77. The lowest BCUT2D eigenvalue weighted by Gasteiger charge is -2.25. The maximum atomic E-state index is 12.7. The summed E-state index contributed by atoms with van der Waals surface area (Å²) in [6.07, 6.45) is 2.85. The number of methoxy groups -OCH3 is 1. The van der Waals surface area contributed by atoms with Crippen LogP contribution in [0, 0.1) is 0 Å². The Kier molecular flexibility index (Phi) is 6.48. The van der Waals surface area contributed by atoms with E-state index in [0.29, 0.717) is 28.4 Å². The van der Waals surface area contributed by atoms with Crippen molar-refractivity contribution in [2.45, 2.75) is 30.0 Å². The molecule has 1 aliphatic rings. The number of hydrogen-bond donors (Lipinski definition) is 1. The van der Waals surface area contributed by atoms with Crippen molar-refractivity contribution in [1.29, 1.82) is 0 Å². The Morgan fingerprint density at radius 2 is 1.68 bits per heavy atom. The minimum Gasteiger partial charge on any atom is -0.465 e. The number of benzene rings is 1. The van der Waals surface area contributed by atoms with Crippen LogP contribution in [-0.4, -0.2) is 44.8 Å². The van der Waals surface area contributed by atoms with Gasteiger partial charge in [-0.05, 0) is 49.2 Å². The Morgan fingerprint density at radius 1 is 1.04 bits per heavy atom. The van der Waals surface area contributed by atoms with E-state index >= 15 is 0 Å². The van der Waals surface area contributed by atoms with Crippen molar-refractivity contribution >= 4 is 33.2 Å². The molecule has 0 spiro atoms. The maximum Gasteiger partial charge on any atom is 0.337 e. The summed E-state index contributed by atoms with van der Waals surface area (Å²) >= 11 is 1.17. The predicted octanol–water partition coefficient (Wildman–Crippen LogP) is 2.64. The van der Waals surface area contributed by atoms with Gasteiger partial charge in [0.2, 0.25) is 0 Å². The zero-order valence-electron chi connectivity index (χ0n) is 15.5. The van der Waals surface area contributed by atoms with Crippen molar-refractivity contribution in [2.75, 3.05) is 20.2 Å². The van der Waals surface area contributed by atoms with Crippen LogP contribution < -0.4 is 5.32 Å². The molecule has 7 nitrogen and oxygen atoms in total. The molecule has 9 heteroatoms. The summed E-state index contributed by atoms with van der Waals surface area (Å²) in [5.41, 5.74) is 0.773. The Balaban J connectivity index is 1.61. The van der Waals surface area contributed by atoms with E-state index in [2.05, 4.69) is 10.1 Å². The quantitative estimate of drug-likeness (QED) is 0.723. The first-order valence-electron chi connectivity index (χ1n) is 8.97. The number of ether oxygens (including phenoxy) is 1. The van der Waals surface area contributed by atoms with Gasteiger partial charge in [0.1, 0.15) is 4.21 Å². The molecule has 0 bridgehead atoms. The van der Waals surface area contributed by atoms with Crippen molar-refractivity contribution in [1.82, 2.24) is 9.62 Å². The highest BCUT2D eigenvalue weighted by molar-refractivity contribution is 7.91.